The Kier molecular flexibility index (Phi) is 7.39. The van der Waals surface area contributed by atoms with Gasteiger partial charge in [-0.25, -0.2) is 0 Å². The average Bonchev–Trinajstić information content (AvgIpc) is 2.42. The van der Waals surface area contributed by atoms with E-state index in [1.807, 2.05) is 30.3 Å². The van der Waals surface area contributed by atoms with Crippen LogP contribution in [0.5, 0.6) is 0 Å². The fraction of sp³-hybridized carbons (Fsp3) is 0.429. The number of amides is 1. The maximum atomic E-state index is 11.7. The molecule has 3 nitrogen and oxygen atoms in total. The number of nitrogens with zero attached hydrogens (tertiary/aromatic N) is 2. The van der Waals surface area contributed by atoms with E-state index < -0.39 is 0 Å². The van der Waals surface area contributed by atoms with Crippen LogP contribution in [0.25, 0.3) is 0 Å². The van der Waals surface area contributed by atoms with Crippen LogP contribution in [0.4, 0.5) is 0 Å². The minimum Gasteiger partial charge on any atom is -0.345 e. The van der Waals surface area contributed by atoms with Crippen LogP contribution >= 0.6 is 23.4 Å². The number of nitriles is 1. The molecule has 1 rings (SSSR count). The maximum absolute atomic E-state index is 11.7. The first-order valence-corrected chi connectivity index (χ1v) is 7.60. The molecule has 0 aromatic heterocycles. The third-order valence-corrected chi connectivity index (χ3v) is 3.91. The quantitative estimate of drug-likeness (QED) is 0.725. The number of carbonyl (C=O) groups excluding carboxylic acids is 1. The Balaban J connectivity index is 2.18. The summed E-state index contributed by atoms with van der Waals surface area (Å²) in [4.78, 5) is 13.3. The number of carbonyl (C=O) groups is 1. The van der Waals surface area contributed by atoms with Gasteiger partial charge in [-0.05, 0) is 17.7 Å². The SMILES string of the molecule is CN(CCC#N)C(=O)CCSCc1ccc(Cl)cc1. The third kappa shape index (κ3) is 6.51. The fourth-order valence-electron chi connectivity index (χ4n) is 1.46. The summed E-state index contributed by atoms with van der Waals surface area (Å²) in [6.45, 7) is 0.511. The van der Waals surface area contributed by atoms with Gasteiger partial charge in [0.15, 0.2) is 0 Å². The molecule has 0 aliphatic carbocycles. The summed E-state index contributed by atoms with van der Waals surface area (Å²) in [5.41, 5.74) is 1.21. The molecule has 0 unspecified atom stereocenters. The largest absolute Gasteiger partial charge is 0.345 e. The molecule has 1 amide bonds. The minimum absolute atomic E-state index is 0.0962. The van der Waals surface area contributed by atoms with E-state index in [1.54, 1.807) is 23.7 Å². The molecule has 0 fully saturated rings. The summed E-state index contributed by atoms with van der Waals surface area (Å²) in [5, 5.41) is 9.19. The molecule has 0 atom stereocenters. The van der Waals surface area contributed by atoms with Crippen LogP contribution in [0, 0.1) is 11.3 Å². The molecule has 0 bridgehead atoms. The number of thioether (sulfide) groups is 1. The third-order valence-electron chi connectivity index (χ3n) is 2.63. The van der Waals surface area contributed by atoms with Crippen molar-refractivity contribution < 1.29 is 4.79 Å². The van der Waals surface area contributed by atoms with Gasteiger partial charge in [-0.15, -0.1) is 0 Å². The first-order valence-electron chi connectivity index (χ1n) is 6.06. The molecule has 0 spiro atoms. The Morgan fingerprint density at radius 3 is 2.74 bits per heavy atom. The molecule has 0 saturated carbocycles. The van der Waals surface area contributed by atoms with Crippen LogP contribution in [0.1, 0.15) is 18.4 Å². The van der Waals surface area contributed by atoms with Crippen molar-refractivity contribution in [2.45, 2.75) is 18.6 Å². The highest BCUT2D eigenvalue weighted by Crippen LogP contribution is 2.16. The second kappa shape index (κ2) is 8.84. The van der Waals surface area contributed by atoms with Crippen LogP contribution in [-0.2, 0) is 10.5 Å². The average molecular weight is 297 g/mol. The van der Waals surface area contributed by atoms with E-state index in [2.05, 4.69) is 0 Å². The standard InChI is InChI=1S/C14H17ClN2OS/c1-17(9-2-8-16)14(18)7-10-19-11-12-3-5-13(15)6-4-12/h3-6H,2,7,9-11H2,1H3. The summed E-state index contributed by atoms with van der Waals surface area (Å²) in [7, 11) is 1.74. The maximum Gasteiger partial charge on any atom is 0.223 e. The Bertz CT molecular complexity index is 442. The second-order valence-corrected chi connectivity index (χ2v) is 5.69. The van der Waals surface area contributed by atoms with Crippen LogP contribution in [-0.4, -0.2) is 30.2 Å². The van der Waals surface area contributed by atoms with Gasteiger partial charge in [-0.2, -0.15) is 17.0 Å². The van der Waals surface area contributed by atoms with Crippen molar-refractivity contribution in [2.24, 2.45) is 0 Å². The van der Waals surface area contributed by atoms with Gasteiger partial charge in [0.25, 0.3) is 0 Å². The predicted molar refractivity (Wildman–Crippen MR) is 80.1 cm³/mol. The van der Waals surface area contributed by atoms with Crippen molar-refractivity contribution in [3.63, 3.8) is 0 Å². The Labute approximate surface area is 123 Å². The summed E-state index contributed by atoms with van der Waals surface area (Å²) in [6.07, 6.45) is 0.903. The van der Waals surface area contributed by atoms with Gasteiger partial charge in [0.1, 0.15) is 0 Å². The molecule has 0 saturated heterocycles. The number of halogens is 1. The van der Waals surface area contributed by atoms with Crippen molar-refractivity contribution in [3.8, 4) is 6.07 Å². The van der Waals surface area contributed by atoms with Gasteiger partial charge in [0.05, 0.1) is 12.5 Å². The van der Waals surface area contributed by atoms with Crippen LogP contribution in [0.3, 0.4) is 0 Å². The molecular formula is C14H17ClN2OS. The van der Waals surface area contributed by atoms with Crippen LogP contribution < -0.4 is 0 Å². The Hall–Kier alpha value is -1.18. The lowest BCUT2D eigenvalue weighted by Gasteiger charge is -2.14. The van der Waals surface area contributed by atoms with E-state index in [4.69, 9.17) is 16.9 Å². The van der Waals surface area contributed by atoms with E-state index >= 15 is 0 Å². The summed E-state index contributed by atoms with van der Waals surface area (Å²) >= 11 is 7.54. The lowest BCUT2D eigenvalue weighted by molar-refractivity contribution is -0.129. The van der Waals surface area contributed by atoms with Crippen LogP contribution in [0.15, 0.2) is 24.3 Å². The van der Waals surface area contributed by atoms with Gasteiger partial charge >= 0.3 is 0 Å². The van der Waals surface area contributed by atoms with Gasteiger partial charge in [0, 0.05) is 36.5 Å². The zero-order valence-electron chi connectivity index (χ0n) is 10.9. The first-order chi connectivity index (χ1) is 9.13. The van der Waals surface area contributed by atoms with E-state index in [0.717, 1.165) is 16.5 Å². The van der Waals surface area contributed by atoms with Crippen molar-refractivity contribution >= 4 is 29.3 Å². The monoisotopic (exact) mass is 296 g/mol. The highest BCUT2D eigenvalue weighted by Gasteiger charge is 2.07. The molecule has 102 valence electrons. The molecular weight excluding hydrogens is 280 g/mol. The summed E-state index contributed by atoms with van der Waals surface area (Å²) in [6, 6.07) is 9.78. The Morgan fingerprint density at radius 1 is 1.42 bits per heavy atom. The molecule has 1 aromatic rings. The zero-order chi connectivity index (χ0) is 14.1. The summed E-state index contributed by atoms with van der Waals surface area (Å²) in [5.74, 6) is 1.77. The van der Waals surface area contributed by atoms with Crippen LogP contribution in [0.2, 0.25) is 5.02 Å². The minimum atomic E-state index is 0.0962. The topological polar surface area (TPSA) is 44.1 Å². The molecule has 0 N–H and O–H groups in total. The number of hydrogen-bond donors (Lipinski definition) is 0. The smallest absolute Gasteiger partial charge is 0.223 e. The highest BCUT2D eigenvalue weighted by atomic mass is 35.5. The van der Waals surface area contributed by atoms with Gasteiger partial charge < -0.3 is 4.90 Å². The van der Waals surface area contributed by atoms with Crippen molar-refractivity contribution in [1.29, 1.82) is 5.26 Å². The van der Waals surface area contributed by atoms with Gasteiger partial charge in [-0.3, -0.25) is 4.79 Å². The lowest BCUT2D eigenvalue weighted by atomic mass is 10.2. The lowest BCUT2D eigenvalue weighted by Crippen LogP contribution is -2.27. The fourth-order valence-corrected chi connectivity index (χ4v) is 2.48. The zero-order valence-corrected chi connectivity index (χ0v) is 12.5. The van der Waals surface area contributed by atoms with E-state index in [0.29, 0.717) is 19.4 Å². The number of hydrogen-bond acceptors (Lipinski definition) is 3. The molecule has 0 aliphatic rings. The Morgan fingerprint density at radius 2 is 2.11 bits per heavy atom. The molecule has 1 aromatic carbocycles. The van der Waals surface area contributed by atoms with E-state index in [9.17, 15) is 4.79 Å². The molecule has 5 heteroatoms. The molecule has 19 heavy (non-hydrogen) atoms. The van der Waals surface area contributed by atoms with Gasteiger partial charge in [-0.1, -0.05) is 23.7 Å². The number of benzene rings is 1. The number of rotatable bonds is 7. The molecule has 0 heterocycles. The normalized spacial score (nSPS) is 9.95. The van der Waals surface area contributed by atoms with Gasteiger partial charge in [0.2, 0.25) is 5.91 Å². The predicted octanol–water partition coefficient (Wildman–Crippen LogP) is 3.34. The first kappa shape index (κ1) is 15.9. The van der Waals surface area contributed by atoms with Crippen molar-refractivity contribution in [1.82, 2.24) is 4.90 Å². The molecule has 0 radical (unpaired) electrons. The molecule has 0 aliphatic heterocycles. The highest BCUT2D eigenvalue weighted by molar-refractivity contribution is 7.98. The second-order valence-electron chi connectivity index (χ2n) is 4.15. The van der Waals surface area contributed by atoms with E-state index in [-0.39, 0.29) is 5.91 Å². The van der Waals surface area contributed by atoms with Crippen molar-refractivity contribution in [3.05, 3.63) is 34.9 Å². The van der Waals surface area contributed by atoms with Crippen molar-refractivity contribution in [2.75, 3.05) is 19.3 Å². The van der Waals surface area contributed by atoms with E-state index in [1.165, 1.54) is 5.56 Å². The summed E-state index contributed by atoms with van der Waals surface area (Å²) < 4.78 is 0.